The highest BCUT2D eigenvalue weighted by atomic mass is 35.5. The van der Waals surface area contributed by atoms with Gasteiger partial charge in [-0.15, -0.1) is 0 Å². The van der Waals surface area contributed by atoms with Crippen molar-refractivity contribution in [3.63, 3.8) is 0 Å². The van der Waals surface area contributed by atoms with Gasteiger partial charge in [0.15, 0.2) is 0 Å². The Morgan fingerprint density at radius 2 is 1.84 bits per heavy atom. The van der Waals surface area contributed by atoms with Gasteiger partial charge >= 0.3 is 0 Å². The van der Waals surface area contributed by atoms with Gasteiger partial charge in [0.25, 0.3) is 5.91 Å². The van der Waals surface area contributed by atoms with Crippen LogP contribution in [0.1, 0.15) is 88.7 Å². The number of nitrogens with zero attached hydrogens (tertiary/aromatic N) is 3. The topological polar surface area (TPSA) is 65.1 Å². The van der Waals surface area contributed by atoms with Crippen LogP contribution in [0.4, 0.5) is 5.69 Å². The van der Waals surface area contributed by atoms with E-state index in [2.05, 4.69) is 64.5 Å². The lowest BCUT2D eigenvalue weighted by molar-refractivity contribution is 0.0649. The number of rotatable bonds is 3. The van der Waals surface area contributed by atoms with E-state index in [1.165, 1.54) is 24.0 Å². The molecule has 3 heterocycles. The lowest BCUT2D eigenvalue weighted by atomic mass is 9.66. The van der Waals surface area contributed by atoms with Gasteiger partial charge in [-0.2, -0.15) is 0 Å². The predicted octanol–water partition coefficient (Wildman–Crippen LogP) is 7.50. The maximum atomic E-state index is 13.5. The van der Waals surface area contributed by atoms with Crippen LogP contribution in [0.5, 0.6) is 5.75 Å². The van der Waals surface area contributed by atoms with Gasteiger partial charge in [0.05, 0.1) is 17.5 Å². The molecule has 0 radical (unpaired) electrons. The number of fused-ring (bicyclic) bond motifs is 4. The van der Waals surface area contributed by atoms with Crippen molar-refractivity contribution in [2.45, 2.75) is 90.4 Å². The zero-order chi connectivity index (χ0) is 35.6. The molecule has 1 saturated carbocycles. The third kappa shape index (κ3) is 7.84. The standard InChI is InChI=1S/C39H53ClN4O3S.C2H6/c1-26(2)43-18-16-42(17-19-43)22-31-7-5-6-27(3)28(4)48(46)41-38(45)30-9-13-37-36(21-30)44(23-32-8-11-34(31)32)24-39(25-47-37)15-14-29-20-33(40)10-12-35(29)39;1-2/h5,7,9-10,12-13,20-21,26-28,31-32,34H,6,8,11,14-19,22-25H2,1-4H3,(H,41,45);1-2H3/b7-5+;. The molecule has 2 aromatic rings. The number of allylic oxidation sites excluding steroid dienone is 1. The third-order valence-corrected chi connectivity index (χ3v) is 14.1. The molecule has 274 valence electrons. The first-order chi connectivity index (χ1) is 24.1. The molecule has 7 atom stereocenters. The van der Waals surface area contributed by atoms with Crippen LogP contribution in [0.3, 0.4) is 0 Å². The molecule has 50 heavy (non-hydrogen) atoms. The van der Waals surface area contributed by atoms with Gasteiger partial charge in [0.1, 0.15) is 16.7 Å². The molecule has 1 N–H and O–H groups in total. The molecule has 0 aromatic heterocycles. The van der Waals surface area contributed by atoms with Crippen LogP contribution in [0.25, 0.3) is 0 Å². The Balaban J connectivity index is 0.00000212. The molecule has 7 rings (SSSR count). The van der Waals surface area contributed by atoms with Crippen molar-refractivity contribution in [3.8, 4) is 5.75 Å². The van der Waals surface area contributed by atoms with E-state index < -0.39 is 11.0 Å². The lowest BCUT2D eigenvalue weighted by Gasteiger charge is -2.47. The van der Waals surface area contributed by atoms with Gasteiger partial charge in [-0.3, -0.25) is 14.4 Å². The van der Waals surface area contributed by atoms with Crippen LogP contribution in [0, 0.1) is 23.7 Å². The van der Waals surface area contributed by atoms with Gasteiger partial charge in [0, 0.05) is 67.9 Å². The van der Waals surface area contributed by atoms with Crippen LogP contribution >= 0.6 is 11.6 Å². The molecule has 1 amide bonds. The van der Waals surface area contributed by atoms with Crippen LogP contribution in [-0.2, 0) is 22.8 Å². The Morgan fingerprint density at radius 1 is 1.06 bits per heavy atom. The fraction of sp³-hybridized carbons (Fsp3) is 0.634. The molecule has 7 unspecified atom stereocenters. The summed E-state index contributed by atoms with van der Waals surface area (Å²) in [4.78, 5) is 21.3. The highest BCUT2D eigenvalue weighted by molar-refractivity contribution is 7.84. The molecule has 2 fully saturated rings. The van der Waals surface area contributed by atoms with E-state index in [0.29, 0.717) is 36.0 Å². The van der Waals surface area contributed by atoms with Crippen molar-refractivity contribution in [1.29, 1.82) is 0 Å². The first-order valence-corrected chi connectivity index (χ1v) is 20.8. The number of piperazine rings is 1. The molecule has 2 bridgehead atoms. The number of benzene rings is 2. The van der Waals surface area contributed by atoms with Gasteiger partial charge in [-0.25, -0.2) is 4.21 Å². The summed E-state index contributed by atoms with van der Waals surface area (Å²) in [7, 11) is -1.49. The Labute approximate surface area is 308 Å². The summed E-state index contributed by atoms with van der Waals surface area (Å²) >= 11 is 6.44. The second kappa shape index (κ2) is 16.1. The molecule has 2 aromatic carbocycles. The number of carbonyl (C=O) groups is 1. The number of aryl methyl sites for hydroxylation is 1. The van der Waals surface area contributed by atoms with Gasteiger partial charge in [0.2, 0.25) is 0 Å². The average molecular weight is 723 g/mol. The fourth-order valence-corrected chi connectivity index (χ4v) is 10.1. The fourth-order valence-electron chi connectivity index (χ4n) is 8.89. The molecular formula is C41H59ClN4O3S. The van der Waals surface area contributed by atoms with Crippen LogP contribution in [0.15, 0.2) is 48.6 Å². The normalized spacial score (nSPS) is 32.5. The van der Waals surface area contributed by atoms with E-state index >= 15 is 0 Å². The molecule has 1 saturated heterocycles. The molecule has 7 nitrogen and oxygen atoms in total. The number of halogens is 1. The van der Waals surface area contributed by atoms with E-state index in [-0.39, 0.29) is 22.5 Å². The molecular weight excluding hydrogens is 664 g/mol. The number of amides is 1. The molecule has 9 heteroatoms. The zero-order valence-corrected chi connectivity index (χ0v) is 32.7. The highest BCUT2D eigenvalue weighted by Crippen LogP contribution is 2.48. The zero-order valence-electron chi connectivity index (χ0n) is 31.1. The summed E-state index contributed by atoms with van der Waals surface area (Å²) in [5.74, 6) is 2.34. The maximum Gasteiger partial charge on any atom is 0.263 e. The summed E-state index contributed by atoms with van der Waals surface area (Å²) in [6.07, 6.45) is 10.2. The number of anilines is 1. The minimum atomic E-state index is -1.49. The minimum Gasteiger partial charge on any atom is -0.490 e. The lowest BCUT2D eigenvalue weighted by Crippen LogP contribution is -2.52. The van der Waals surface area contributed by atoms with E-state index in [9.17, 15) is 9.00 Å². The summed E-state index contributed by atoms with van der Waals surface area (Å²) in [6, 6.07) is 12.7. The Hall–Kier alpha value is -2.39. The summed E-state index contributed by atoms with van der Waals surface area (Å²) in [6.45, 7) is 20.7. The van der Waals surface area contributed by atoms with E-state index in [4.69, 9.17) is 16.3 Å². The van der Waals surface area contributed by atoms with E-state index in [1.54, 1.807) is 0 Å². The van der Waals surface area contributed by atoms with Crippen LogP contribution in [-0.4, -0.2) is 83.6 Å². The first-order valence-electron chi connectivity index (χ1n) is 19.3. The van der Waals surface area contributed by atoms with Crippen LogP contribution in [0.2, 0.25) is 5.02 Å². The summed E-state index contributed by atoms with van der Waals surface area (Å²) in [5, 5.41) is 0.620. The highest BCUT2D eigenvalue weighted by Gasteiger charge is 2.45. The number of nitrogens with one attached hydrogen (secondary N) is 1. The number of hydrogen-bond donors (Lipinski definition) is 1. The summed E-state index contributed by atoms with van der Waals surface area (Å²) in [5.41, 5.74) is 4.02. The first kappa shape index (κ1) is 37.4. The average Bonchev–Trinajstić information content (AvgIpc) is 3.36. The van der Waals surface area contributed by atoms with Crippen molar-refractivity contribution in [2.24, 2.45) is 23.7 Å². The quantitative estimate of drug-likeness (QED) is 0.332. The van der Waals surface area contributed by atoms with Gasteiger partial charge in [-0.05, 0) is 118 Å². The summed E-state index contributed by atoms with van der Waals surface area (Å²) < 4.78 is 22.9. The van der Waals surface area contributed by atoms with Crippen molar-refractivity contribution in [1.82, 2.24) is 14.5 Å². The van der Waals surface area contributed by atoms with Gasteiger partial charge < -0.3 is 14.5 Å². The Kier molecular flexibility index (Phi) is 12.0. The molecule has 1 spiro atoms. The number of carbonyl (C=O) groups excluding carboxylic acids is 1. The van der Waals surface area contributed by atoms with Crippen LogP contribution < -0.4 is 14.4 Å². The largest absolute Gasteiger partial charge is 0.490 e. The van der Waals surface area contributed by atoms with Crippen molar-refractivity contribution in [3.05, 3.63) is 70.3 Å². The van der Waals surface area contributed by atoms with E-state index in [1.807, 2.05) is 45.0 Å². The molecule has 5 aliphatic rings. The smallest absolute Gasteiger partial charge is 0.263 e. The van der Waals surface area contributed by atoms with Gasteiger partial charge in [-0.1, -0.05) is 50.6 Å². The number of ether oxygens (including phenoxy) is 1. The van der Waals surface area contributed by atoms with Crippen molar-refractivity contribution < 1.29 is 13.7 Å². The maximum absolute atomic E-state index is 13.5. The monoisotopic (exact) mass is 722 g/mol. The van der Waals surface area contributed by atoms with Crippen molar-refractivity contribution >= 4 is 34.2 Å². The second-order valence-corrected chi connectivity index (χ2v) is 17.6. The third-order valence-electron chi connectivity index (χ3n) is 12.4. The molecule has 2 aliphatic carbocycles. The second-order valence-electron chi connectivity index (χ2n) is 15.6. The minimum absolute atomic E-state index is 0.149. The number of hydrogen-bond acceptors (Lipinski definition) is 6. The Morgan fingerprint density at radius 3 is 2.56 bits per heavy atom. The SMILES string of the molecule is CC.CC1C/C=C/C(CN2CCN(C(C)C)CC2)C2CCC2CN2CC3(CCc4cc(Cl)ccc43)COc3ccc(cc32)C(=O)NS(=O)C1C. The molecule has 3 aliphatic heterocycles. The Bertz CT molecular complexity index is 1560. The van der Waals surface area contributed by atoms with E-state index in [0.717, 1.165) is 81.5 Å². The van der Waals surface area contributed by atoms with Crippen molar-refractivity contribution in [2.75, 3.05) is 57.3 Å². The predicted molar refractivity (Wildman–Crippen MR) is 208 cm³/mol.